The van der Waals surface area contributed by atoms with Crippen LogP contribution in [0.15, 0.2) is 121 Å². The van der Waals surface area contributed by atoms with E-state index in [1.54, 1.807) is 19.2 Å². The van der Waals surface area contributed by atoms with Crippen molar-refractivity contribution in [1.29, 1.82) is 0 Å². The number of piperazine rings is 1. The summed E-state index contributed by atoms with van der Waals surface area (Å²) in [5, 5.41) is 11.0. The Balaban J connectivity index is 1.17. The number of hydrogen-bond acceptors (Lipinski definition) is 7. The molecule has 10 nitrogen and oxygen atoms in total. The van der Waals surface area contributed by atoms with Gasteiger partial charge in [-0.05, 0) is 79.4 Å². The van der Waals surface area contributed by atoms with Crippen LogP contribution in [0.3, 0.4) is 0 Å². The van der Waals surface area contributed by atoms with Gasteiger partial charge in [0.1, 0.15) is 12.4 Å². The standard InChI is InChI=1S/C51H55N5O5/c1-52-25-27-53(28-26-52)33-41-29-37-15-9-10-16-38(37)32-54(41)50(58)44-30-49(61-35-36-13-5-3-6-14-36)48(60-2)31-47(44)55-34-45(43-19-11-12-20-46(43)55)51(59)56(39-17-7-4-8-18-39)40-21-23-42(57)24-22-40/h3,5-6,9-16,19-24,30-31,34,39,41,57H,4,7-8,17-18,25-29,32-33,35H2,1-2H3/t41-/m0/s1. The van der Waals surface area contributed by atoms with Gasteiger partial charge < -0.3 is 33.8 Å². The third-order valence-corrected chi connectivity index (χ3v) is 12.9. The molecule has 3 heterocycles. The van der Waals surface area contributed by atoms with Crippen LogP contribution in [0.1, 0.15) is 69.5 Å². The molecule has 0 bridgehead atoms. The van der Waals surface area contributed by atoms with Gasteiger partial charge in [-0.1, -0.05) is 92.1 Å². The molecule has 1 N–H and O–H groups in total. The first kappa shape index (κ1) is 40.3. The van der Waals surface area contributed by atoms with E-state index in [1.165, 1.54) is 5.56 Å². The number of hydrogen-bond donors (Lipinski definition) is 1. The number of anilines is 1. The van der Waals surface area contributed by atoms with Crippen molar-refractivity contribution in [3.8, 4) is 22.9 Å². The Hall–Kier alpha value is -6.10. The van der Waals surface area contributed by atoms with Crippen molar-refractivity contribution in [2.45, 2.75) is 63.8 Å². The second kappa shape index (κ2) is 17.9. The molecule has 1 saturated heterocycles. The summed E-state index contributed by atoms with van der Waals surface area (Å²) in [5.74, 6) is 0.889. The fraction of sp³-hybridized carbons (Fsp3) is 0.333. The molecule has 9 rings (SSSR count). The number of phenols is 1. The number of nitrogens with zero attached hydrogens (tertiary/aromatic N) is 5. The molecule has 2 aliphatic heterocycles. The molecule has 1 atom stereocenters. The summed E-state index contributed by atoms with van der Waals surface area (Å²) in [5.41, 5.74) is 6.59. The zero-order valence-electron chi connectivity index (χ0n) is 35.2. The number of rotatable bonds is 11. The van der Waals surface area contributed by atoms with E-state index in [0.29, 0.717) is 41.5 Å². The second-order valence-corrected chi connectivity index (χ2v) is 16.9. The summed E-state index contributed by atoms with van der Waals surface area (Å²) in [7, 11) is 3.78. The van der Waals surface area contributed by atoms with Crippen molar-refractivity contribution in [2.24, 2.45) is 0 Å². The number of aromatic nitrogens is 1. The van der Waals surface area contributed by atoms with Crippen molar-refractivity contribution in [1.82, 2.24) is 19.3 Å². The van der Waals surface area contributed by atoms with Gasteiger partial charge in [-0.15, -0.1) is 0 Å². The molecule has 0 unspecified atom stereocenters. The van der Waals surface area contributed by atoms with Crippen molar-refractivity contribution < 1.29 is 24.2 Å². The maximum atomic E-state index is 15.6. The van der Waals surface area contributed by atoms with Crippen molar-refractivity contribution in [3.63, 3.8) is 0 Å². The summed E-state index contributed by atoms with van der Waals surface area (Å²) >= 11 is 0. The van der Waals surface area contributed by atoms with E-state index in [9.17, 15) is 5.11 Å². The molecule has 10 heteroatoms. The van der Waals surface area contributed by atoms with Gasteiger partial charge >= 0.3 is 0 Å². The molecule has 6 aromatic rings. The van der Waals surface area contributed by atoms with E-state index >= 15 is 9.59 Å². The van der Waals surface area contributed by atoms with Gasteiger partial charge in [-0.25, -0.2) is 0 Å². The summed E-state index contributed by atoms with van der Waals surface area (Å²) in [6.07, 6.45) is 7.71. The van der Waals surface area contributed by atoms with Crippen molar-refractivity contribution >= 4 is 28.4 Å². The number of carbonyl (C=O) groups excluding carboxylic acids is 2. The molecular formula is C51H55N5O5. The van der Waals surface area contributed by atoms with Crippen LogP contribution in [-0.2, 0) is 19.6 Å². The van der Waals surface area contributed by atoms with Gasteiger partial charge in [-0.3, -0.25) is 14.5 Å². The Bertz CT molecular complexity index is 2490. The minimum absolute atomic E-state index is 0.0189. The lowest BCUT2D eigenvalue weighted by Gasteiger charge is -2.41. The van der Waals surface area contributed by atoms with E-state index in [-0.39, 0.29) is 29.6 Å². The second-order valence-electron chi connectivity index (χ2n) is 16.9. The number of methoxy groups -OCH3 is 1. The predicted molar refractivity (Wildman–Crippen MR) is 240 cm³/mol. The van der Waals surface area contributed by atoms with Crippen molar-refractivity contribution in [2.75, 3.05) is 51.8 Å². The lowest BCUT2D eigenvalue weighted by atomic mass is 9.92. The summed E-state index contributed by atoms with van der Waals surface area (Å²) in [6, 6.07) is 37.0. The minimum atomic E-state index is -0.116. The summed E-state index contributed by atoms with van der Waals surface area (Å²) < 4.78 is 14.5. The molecule has 2 amide bonds. The fourth-order valence-electron chi connectivity index (χ4n) is 9.52. The lowest BCUT2D eigenvalue weighted by molar-refractivity contribution is 0.0535. The smallest absolute Gasteiger partial charge is 0.260 e. The molecule has 61 heavy (non-hydrogen) atoms. The molecule has 314 valence electrons. The highest BCUT2D eigenvalue weighted by atomic mass is 16.5. The molecule has 0 radical (unpaired) electrons. The molecule has 1 aliphatic carbocycles. The molecule has 1 aromatic heterocycles. The highest BCUT2D eigenvalue weighted by molar-refractivity contribution is 6.15. The third-order valence-electron chi connectivity index (χ3n) is 12.9. The Morgan fingerprint density at radius 3 is 2.23 bits per heavy atom. The number of aromatic hydroxyl groups is 1. The van der Waals surface area contributed by atoms with Crippen LogP contribution in [0.25, 0.3) is 16.6 Å². The monoisotopic (exact) mass is 817 g/mol. The quantitative estimate of drug-likeness (QED) is 0.140. The Labute approximate surface area is 358 Å². The SMILES string of the molecule is COc1cc(-n2cc(C(=O)N(c3ccc(O)cc3)C3CCCCC3)c3ccccc32)c(C(=O)N2Cc3ccccc3C[C@H]2CN2CCN(C)CC2)cc1OCc1ccccc1. The van der Waals surface area contributed by atoms with Crippen molar-refractivity contribution in [3.05, 3.63) is 149 Å². The first-order valence-corrected chi connectivity index (χ1v) is 21.7. The first-order chi connectivity index (χ1) is 29.8. The van der Waals surface area contributed by atoms with Gasteiger partial charge in [0.15, 0.2) is 11.5 Å². The van der Waals surface area contributed by atoms with Gasteiger partial charge in [0, 0.05) is 74.7 Å². The average Bonchev–Trinajstić information content (AvgIpc) is 3.69. The molecule has 0 spiro atoms. The summed E-state index contributed by atoms with van der Waals surface area (Å²) in [4.78, 5) is 39.6. The molecule has 1 saturated carbocycles. The zero-order valence-corrected chi connectivity index (χ0v) is 35.2. The average molecular weight is 818 g/mol. The maximum absolute atomic E-state index is 15.6. The maximum Gasteiger partial charge on any atom is 0.260 e. The number of amides is 2. The predicted octanol–water partition coefficient (Wildman–Crippen LogP) is 8.72. The van der Waals surface area contributed by atoms with Crippen LogP contribution in [0.4, 0.5) is 5.69 Å². The van der Waals surface area contributed by atoms with E-state index in [4.69, 9.17) is 9.47 Å². The van der Waals surface area contributed by atoms with Crippen LogP contribution in [0.5, 0.6) is 17.2 Å². The van der Waals surface area contributed by atoms with E-state index < -0.39 is 0 Å². The molecule has 2 fully saturated rings. The van der Waals surface area contributed by atoms with E-state index in [0.717, 1.165) is 99.0 Å². The minimum Gasteiger partial charge on any atom is -0.508 e. The lowest BCUT2D eigenvalue weighted by Crippen LogP contribution is -2.53. The van der Waals surface area contributed by atoms with Gasteiger partial charge in [0.05, 0.1) is 29.4 Å². The first-order valence-electron chi connectivity index (χ1n) is 21.7. The van der Waals surface area contributed by atoms with Gasteiger partial charge in [0.2, 0.25) is 0 Å². The topological polar surface area (TPSA) is 90.7 Å². The third kappa shape index (κ3) is 8.47. The zero-order chi connectivity index (χ0) is 41.9. The largest absolute Gasteiger partial charge is 0.508 e. The Morgan fingerprint density at radius 2 is 1.48 bits per heavy atom. The molecular weight excluding hydrogens is 763 g/mol. The number of likely N-dealkylation sites (N-methyl/N-ethyl adjacent to an activating group) is 1. The van der Waals surface area contributed by atoms with Gasteiger partial charge in [-0.2, -0.15) is 0 Å². The molecule has 3 aliphatic rings. The number of carbonyl (C=O) groups is 2. The normalized spacial score (nSPS) is 17.5. The number of benzene rings is 5. The fourth-order valence-corrected chi connectivity index (χ4v) is 9.52. The highest BCUT2D eigenvalue weighted by Crippen LogP contribution is 2.39. The number of fused-ring (bicyclic) bond motifs is 2. The highest BCUT2D eigenvalue weighted by Gasteiger charge is 2.35. The Morgan fingerprint density at radius 1 is 0.770 bits per heavy atom. The number of phenolic OH excluding ortho intramolecular Hbond substituents is 1. The van der Waals surface area contributed by atoms with Crippen LogP contribution in [-0.4, -0.2) is 95.2 Å². The van der Waals surface area contributed by atoms with Gasteiger partial charge in [0.25, 0.3) is 11.8 Å². The number of para-hydroxylation sites is 1. The van der Waals surface area contributed by atoms with Crippen LogP contribution < -0.4 is 14.4 Å². The Kier molecular flexibility index (Phi) is 11.8. The van der Waals surface area contributed by atoms with E-state index in [1.807, 2.05) is 94.5 Å². The summed E-state index contributed by atoms with van der Waals surface area (Å²) in [6.45, 7) is 5.45. The number of ether oxygens (including phenoxy) is 2. The van der Waals surface area contributed by atoms with Crippen LogP contribution >= 0.6 is 0 Å². The van der Waals surface area contributed by atoms with Crippen LogP contribution in [0.2, 0.25) is 0 Å². The van der Waals surface area contributed by atoms with E-state index in [2.05, 4.69) is 46.0 Å². The van der Waals surface area contributed by atoms with Crippen LogP contribution in [0, 0.1) is 0 Å². The molecule has 5 aromatic carbocycles.